The molecule has 1 fully saturated rings. The van der Waals surface area contributed by atoms with Crippen molar-refractivity contribution in [1.29, 1.82) is 0 Å². The lowest BCUT2D eigenvalue weighted by molar-refractivity contribution is 0.00762. The number of carbonyl (C=O) groups excluding carboxylic acids is 1. The summed E-state index contributed by atoms with van der Waals surface area (Å²) in [7, 11) is 0. The summed E-state index contributed by atoms with van der Waals surface area (Å²) in [6.07, 6.45) is 4.44. The van der Waals surface area contributed by atoms with Gasteiger partial charge in [-0.15, -0.1) is 0 Å². The number of likely N-dealkylation sites (tertiary alicyclic amines) is 1. The van der Waals surface area contributed by atoms with Crippen LogP contribution in [0.4, 0.5) is 9.18 Å². The fraction of sp³-hybridized carbons (Fsp3) is 0.545. The monoisotopic (exact) mass is 387 g/mol. The van der Waals surface area contributed by atoms with Gasteiger partial charge in [-0.1, -0.05) is 20.3 Å². The maximum atomic E-state index is 13.1. The van der Waals surface area contributed by atoms with E-state index < -0.39 is 5.60 Å². The molecule has 0 N–H and O–H groups in total. The van der Waals surface area contributed by atoms with Gasteiger partial charge in [0.25, 0.3) is 0 Å². The van der Waals surface area contributed by atoms with E-state index in [9.17, 15) is 9.18 Å². The van der Waals surface area contributed by atoms with Crippen LogP contribution in [-0.2, 0) is 11.3 Å². The van der Waals surface area contributed by atoms with Gasteiger partial charge >= 0.3 is 6.09 Å². The summed E-state index contributed by atoms with van der Waals surface area (Å²) < 4.78 is 20.7. The fourth-order valence-electron chi connectivity index (χ4n) is 3.53. The minimum absolute atomic E-state index is 0.0612. The molecule has 0 spiro atoms. The number of hydrogen-bond acceptors (Lipinski definition) is 3. The highest BCUT2D eigenvalue weighted by atomic mass is 19.1. The van der Waals surface area contributed by atoms with E-state index >= 15 is 0 Å². The number of ether oxygens (including phenoxy) is 1. The van der Waals surface area contributed by atoms with E-state index in [0.29, 0.717) is 12.5 Å². The van der Waals surface area contributed by atoms with Crippen LogP contribution in [0.2, 0.25) is 0 Å². The van der Waals surface area contributed by atoms with Gasteiger partial charge in [0.15, 0.2) is 0 Å². The Morgan fingerprint density at radius 3 is 2.61 bits per heavy atom. The zero-order valence-corrected chi connectivity index (χ0v) is 17.2. The molecule has 1 aromatic heterocycles. The number of aromatic nitrogens is 2. The van der Waals surface area contributed by atoms with Crippen LogP contribution in [-0.4, -0.2) is 39.0 Å². The van der Waals surface area contributed by atoms with E-state index in [1.54, 1.807) is 12.1 Å². The topological polar surface area (TPSA) is 47.4 Å². The number of carbonyl (C=O) groups is 1. The van der Waals surface area contributed by atoms with Crippen molar-refractivity contribution in [2.24, 2.45) is 5.92 Å². The standard InChI is InChI=1S/C22H30FN3O2/c1-5-16-13-19(26(14-16)21(27)28-22(3,4)6-2)15-25-12-11-20(24-25)17-7-9-18(23)10-8-17/h7-12,16,19H,5-6,13-15H2,1-4H3. The Kier molecular flexibility index (Phi) is 6.06. The molecule has 152 valence electrons. The van der Waals surface area contributed by atoms with Crippen molar-refractivity contribution in [3.63, 3.8) is 0 Å². The van der Waals surface area contributed by atoms with Gasteiger partial charge in [-0.05, 0) is 62.9 Å². The molecule has 5 nitrogen and oxygen atoms in total. The lowest BCUT2D eigenvalue weighted by Crippen LogP contribution is -2.42. The van der Waals surface area contributed by atoms with E-state index in [-0.39, 0.29) is 18.0 Å². The molecule has 2 unspecified atom stereocenters. The number of benzene rings is 1. The third kappa shape index (κ3) is 4.72. The third-order valence-corrected chi connectivity index (χ3v) is 5.71. The molecule has 0 saturated carbocycles. The van der Waals surface area contributed by atoms with Gasteiger partial charge in [0.05, 0.1) is 18.3 Å². The Morgan fingerprint density at radius 2 is 1.96 bits per heavy atom. The van der Waals surface area contributed by atoms with Crippen molar-refractivity contribution in [3.8, 4) is 11.3 Å². The smallest absolute Gasteiger partial charge is 0.410 e. The Morgan fingerprint density at radius 1 is 1.25 bits per heavy atom. The minimum Gasteiger partial charge on any atom is -0.443 e. The van der Waals surface area contributed by atoms with E-state index in [1.807, 2.05) is 42.6 Å². The van der Waals surface area contributed by atoms with Gasteiger partial charge in [0.1, 0.15) is 11.4 Å². The Labute approximate surface area is 166 Å². The highest BCUT2D eigenvalue weighted by Gasteiger charge is 2.37. The third-order valence-electron chi connectivity index (χ3n) is 5.71. The number of rotatable bonds is 6. The predicted molar refractivity (Wildman–Crippen MR) is 107 cm³/mol. The maximum Gasteiger partial charge on any atom is 0.410 e. The number of amides is 1. The SMILES string of the molecule is CCC1CC(Cn2ccc(-c3ccc(F)cc3)n2)N(C(=O)OC(C)(C)CC)C1. The van der Waals surface area contributed by atoms with E-state index in [4.69, 9.17) is 4.74 Å². The molecule has 1 aromatic carbocycles. The first-order chi connectivity index (χ1) is 13.3. The Balaban J connectivity index is 1.72. The van der Waals surface area contributed by atoms with Crippen LogP contribution in [0.1, 0.15) is 47.0 Å². The minimum atomic E-state index is -0.465. The average molecular weight is 387 g/mol. The second-order valence-corrected chi connectivity index (χ2v) is 8.23. The van der Waals surface area contributed by atoms with Crippen molar-refractivity contribution in [1.82, 2.24) is 14.7 Å². The number of halogens is 1. The van der Waals surface area contributed by atoms with E-state index in [0.717, 1.165) is 37.1 Å². The van der Waals surface area contributed by atoms with Gasteiger partial charge in [-0.25, -0.2) is 9.18 Å². The molecule has 1 aliphatic rings. The van der Waals surface area contributed by atoms with Gasteiger partial charge in [0, 0.05) is 18.3 Å². The van der Waals surface area contributed by atoms with Gasteiger partial charge < -0.3 is 9.64 Å². The zero-order chi connectivity index (χ0) is 20.3. The van der Waals surface area contributed by atoms with E-state index in [2.05, 4.69) is 12.0 Å². The van der Waals surface area contributed by atoms with Crippen LogP contribution in [0.25, 0.3) is 11.3 Å². The molecular weight excluding hydrogens is 357 g/mol. The maximum absolute atomic E-state index is 13.1. The summed E-state index contributed by atoms with van der Waals surface area (Å²) >= 11 is 0. The molecule has 6 heteroatoms. The van der Waals surface area contributed by atoms with Crippen LogP contribution in [0, 0.1) is 11.7 Å². The second-order valence-electron chi connectivity index (χ2n) is 8.23. The van der Waals surface area contributed by atoms with Crippen molar-refractivity contribution >= 4 is 6.09 Å². The molecule has 0 radical (unpaired) electrons. The molecule has 0 aliphatic carbocycles. The summed E-state index contributed by atoms with van der Waals surface area (Å²) in [5, 5.41) is 4.62. The normalized spacial score (nSPS) is 19.8. The van der Waals surface area contributed by atoms with Crippen molar-refractivity contribution in [2.45, 2.75) is 65.1 Å². The summed E-state index contributed by atoms with van der Waals surface area (Å²) in [4.78, 5) is 14.6. The van der Waals surface area contributed by atoms with Crippen LogP contribution >= 0.6 is 0 Å². The highest BCUT2D eigenvalue weighted by Crippen LogP contribution is 2.29. The van der Waals surface area contributed by atoms with Crippen LogP contribution < -0.4 is 0 Å². The first kappa shape index (κ1) is 20.4. The van der Waals surface area contributed by atoms with Gasteiger partial charge in [-0.3, -0.25) is 4.68 Å². The fourth-order valence-corrected chi connectivity index (χ4v) is 3.53. The zero-order valence-electron chi connectivity index (χ0n) is 17.2. The molecule has 2 aromatic rings. The summed E-state index contributed by atoms with van der Waals surface area (Å²) in [6.45, 7) is 9.41. The Bertz CT molecular complexity index is 800. The number of nitrogens with zero attached hydrogens (tertiary/aromatic N) is 3. The summed E-state index contributed by atoms with van der Waals surface area (Å²) in [5.41, 5.74) is 1.21. The Hall–Kier alpha value is -2.37. The molecule has 1 aliphatic heterocycles. The molecular formula is C22H30FN3O2. The van der Waals surface area contributed by atoms with Crippen LogP contribution in [0.15, 0.2) is 36.5 Å². The largest absolute Gasteiger partial charge is 0.443 e. The second kappa shape index (κ2) is 8.33. The van der Waals surface area contributed by atoms with Gasteiger partial charge in [-0.2, -0.15) is 5.10 Å². The quantitative estimate of drug-likeness (QED) is 0.692. The van der Waals surface area contributed by atoms with Gasteiger partial charge in [0.2, 0.25) is 0 Å². The van der Waals surface area contributed by atoms with E-state index in [1.165, 1.54) is 12.1 Å². The lowest BCUT2D eigenvalue weighted by Gasteiger charge is -2.30. The van der Waals surface area contributed by atoms with Crippen molar-refractivity contribution < 1.29 is 13.9 Å². The van der Waals surface area contributed by atoms with Crippen LogP contribution in [0.3, 0.4) is 0 Å². The number of hydrogen-bond donors (Lipinski definition) is 0. The van der Waals surface area contributed by atoms with Crippen molar-refractivity contribution in [2.75, 3.05) is 6.54 Å². The molecule has 1 amide bonds. The predicted octanol–water partition coefficient (Wildman–Crippen LogP) is 5.11. The van der Waals surface area contributed by atoms with Crippen molar-refractivity contribution in [3.05, 3.63) is 42.3 Å². The molecule has 1 saturated heterocycles. The molecule has 2 atom stereocenters. The lowest BCUT2D eigenvalue weighted by atomic mass is 10.0. The molecule has 0 bridgehead atoms. The molecule has 2 heterocycles. The summed E-state index contributed by atoms with van der Waals surface area (Å²) in [5.74, 6) is 0.221. The molecule has 28 heavy (non-hydrogen) atoms. The first-order valence-corrected chi connectivity index (χ1v) is 10.1. The first-order valence-electron chi connectivity index (χ1n) is 10.1. The average Bonchev–Trinajstić information content (AvgIpc) is 3.29. The van der Waals surface area contributed by atoms with Crippen LogP contribution in [0.5, 0.6) is 0 Å². The molecule has 3 rings (SSSR count). The summed E-state index contributed by atoms with van der Waals surface area (Å²) in [6, 6.07) is 8.30. The highest BCUT2D eigenvalue weighted by molar-refractivity contribution is 5.69.